The molecule has 1 aliphatic rings. The van der Waals surface area contributed by atoms with Crippen molar-refractivity contribution in [2.75, 3.05) is 39.0 Å². The molecule has 1 aliphatic heterocycles. The van der Waals surface area contributed by atoms with Crippen LogP contribution in [0.25, 0.3) is 0 Å². The third-order valence-electron chi connectivity index (χ3n) is 4.00. The fourth-order valence-electron chi connectivity index (χ4n) is 2.60. The second kappa shape index (κ2) is 6.77. The first-order chi connectivity index (χ1) is 9.93. The van der Waals surface area contributed by atoms with Gasteiger partial charge in [0.05, 0.1) is 5.69 Å². The Bertz CT molecular complexity index is 566. The molecule has 1 aromatic carbocycles. The van der Waals surface area contributed by atoms with Crippen LogP contribution in [0.1, 0.15) is 19.8 Å². The van der Waals surface area contributed by atoms with Crippen LogP contribution in [-0.4, -0.2) is 57.4 Å². The molecule has 0 spiro atoms. The molecule has 0 bridgehead atoms. The number of para-hydroxylation sites is 1. The van der Waals surface area contributed by atoms with Crippen LogP contribution in [-0.2, 0) is 10.0 Å². The normalized spacial score (nSPS) is 18.1. The van der Waals surface area contributed by atoms with Gasteiger partial charge < -0.3 is 5.32 Å². The highest BCUT2D eigenvalue weighted by Gasteiger charge is 2.22. The van der Waals surface area contributed by atoms with E-state index in [1.165, 1.54) is 17.1 Å². The monoisotopic (exact) mass is 311 g/mol. The van der Waals surface area contributed by atoms with Crippen LogP contribution in [0, 0.1) is 0 Å². The molecule has 1 saturated heterocycles. The summed E-state index contributed by atoms with van der Waals surface area (Å²) in [7, 11) is -0.308. The van der Waals surface area contributed by atoms with Crippen molar-refractivity contribution in [3.8, 4) is 0 Å². The number of nitrogens with one attached hydrogen (secondary N) is 1. The number of sulfonamides is 1. The first-order valence-corrected chi connectivity index (χ1v) is 8.86. The molecule has 2 rings (SSSR count). The van der Waals surface area contributed by atoms with Gasteiger partial charge in [-0.05, 0) is 45.0 Å². The first kappa shape index (κ1) is 16.3. The fourth-order valence-corrected chi connectivity index (χ4v) is 3.67. The molecule has 0 aliphatic carbocycles. The van der Waals surface area contributed by atoms with Crippen molar-refractivity contribution < 1.29 is 8.42 Å². The summed E-state index contributed by atoms with van der Waals surface area (Å²) in [6.45, 7) is 5.21. The second-order valence-electron chi connectivity index (χ2n) is 5.76. The average molecular weight is 311 g/mol. The van der Waals surface area contributed by atoms with Crippen LogP contribution in [0.15, 0.2) is 29.2 Å². The highest BCUT2D eigenvalue weighted by atomic mass is 32.2. The van der Waals surface area contributed by atoms with Crippen molar-refractivity contribution in [2.45, 2.75) is 30.7 Å². The van der Waals surface area contributed by atoms with E-state index in [4.69, 9.17) is 0 Å². The van der Waals surface area contributed by atoms with E-state index in [0.29, 0.717) is 16.6 Å². The van der Waals surface area contributed by atoms with Gasteiger partial charge in [0.2, 0.25) is 10.0 Å². The lowest BCUT2D eigenvalue weighted by atomic mass is 10.2. The maximum Gasteiger partial charge on any atom is 0.244 e. The van der Waals surface area contributed by atoms with Crippen LogP contribution >= 0.6 is 0 Å². The summed E-state index contributed by atoms with van der Waals surface area (Å²) in [5.74, 6) is 0. The molecule has 0 radical (unpaired) electrons. The maximum atomic E-state index is 12.3. The van der Waals surface area contributed by atoms with Crippen molar-refractivity contribution in [3.63, 3.8) is 0 Å². The Labute approximate surface area is 128 Å². The summed E-state index contributed by atoms with van der Waals surface area (Å²) in [6, 6.07) is 7.50. The number of anilines is 1. The second-order valence-corrected chi connectivity index (χ2v) is 7.88. The summed E-state index contributed by atoms with van der Waals surface area (Å²) in [5.41, 5.74) is 0.678. The summed E-state index contributed by atoms with van der Waals surface area (Å²) < 4.78 is 25.9. The molecule has 1 fully saturated rings. The zero-order valence-corrected chi connectivity index (χ0v) is 13.9. The zero-order valence-electron chi connectivity index (χ0n) is 13.0. The van der Waals surface area contributed by atoms with Gasteiger partial charge in [-0.3, -0.25) is 4.90 Å². The van der Waals surface area contributed by atoms with E-state index < -0.39 is 10.0 Å². The van der Waals surface area contributed by atoms with Crippen molar-refractivity contribution in [1.82, 2.24) is 9.21 Å². The number of hydrogen-bond donors (Lipinski definition) is 1. The number of nitrogens with zero attached hydrogens (tertiary/aromatic N) is 2. The Morgan fingerprint density at radius 1 is 1.24 bits per heavy atom. The van der Waals surface area contributed by atoms with E-state index >= 15 is 0 Å². The van der Waals surface area contributed by atoms with Gasteiger partial charge in [-0.2, -0.15) is 0 Å². The minimum atomic E-state index is -3.42. The summed E-state index contributed by atoms with van der Waals surface area (Å²) >= 11 is 0. The zero-order chi connectivity index (χ0) is 15.5. The molecular weight excluding hydrogens is 286 g/mol. The maximum absolute atomic E-state index is 12.3. The van der Waals surface area contributed by atoms with Gasteiger partial charge in [0.15, 0.2) is 0 Å². The van der Waals surface area contributed by atoms with Gasteiger partial charge in [0.25, 0.3) is 0 Å². The van der Waals surface area contributed by atoms with Gasteiger partial charge in [-0.15, -0.1) is 0 Å². The Balaban J connectivity index is 2.10. The Kier molecular flexibility index (Phi) is 5.24. The van der Waals surface area contributed by atoms with Gasteiger partial charge in [0, 0.05) is 26.7 Å². The van der Waals surface area contributed by atoms with E-state index in [1.807, 2.05) is 12.1 Å². The van der Waals surface area contributed by atoms with Crippen molar-refractivity contribution in [2.24, 2.45) is 0 Å². The van der Waals surface area contributed by atoms with E-state index in [2.05, 4.69) is 17.1 Å². The molecule has 21 heavy (non-hydrogen) atoms. The van der Waals surface area contributed by atoms with E-state index in [1.54, 1.807) is 26.2 Å². The van der Waals surface area contributed by atoms with Crippen molar-refractivity contribution in [3.05, 3.63) is 24.3 Å². The molecule has 1 unspecified atom stereocenters. The lowest BCUT2D eigenvalue weighted by molar-refractivity contribution is 0.269. The molecule has 0 aromatic heterocycles. The Morgan fingerprint density at radius 3 is 2.48 bits per heavy atom. The molecular formula is C15H25N3O2S. The third-order valence-corrected chi connectivity index (χ3v) is 5.87. The smallest absolute Gasteiger partial charge is 0.244 e. The van der Waals surface area contributed by atoms with E-state index in [9.17, 15) is 8.42 Å². The molecule has 0 saturated carbocycles. The fraction of sp³-hybridized carbons (Fsp3) is 0.600. The average Bonchev–Trinajstić information content (AvgIpc) is 2.99. The summed E-state index contributed by atoms with van der Waals surface area (Å²) in [6.07, 6.45) is 2.52. The predicted molar refractivity (Wildman–Crippen MR) is 86.1 cm³/mol. The van der Waals surface area contributed by atoms with E-state index in [0.717, 1.165) is 19.6 Å². The predicted octanol–water partition coefficient (Wildman–Crippen LogP) is 1.83. The Hall–Kier alpha value is -1.11. The highest BCUT2D eigenvalue weighted by molar-refractivity contribution is 7.89. The number of rotatable bonds is 6. The van der Waals surface area contributed by atoms with Gasteiger partial charge in [-0.1, -0.05) is 12.1 Å². The summed E-state index contributed by atoms with van der Waals surface area (Å²) in [4.78, 5) is 2.78. The minimum Gasteiger partial charge on any atom is -0.382 e. The molecule has 1 heterocycles. The molecule has 1 atom stereocenters. The highest BCUT2D eigenvalue weighted by Crippen LogP contribution is 2.23. The van der Waals surface area contributed by atoms with Gasteiger partial charge >= 0.3 is 0 Å². The van der Waals surface area contributed by atoms with Crippen LogP contribution in [0.4, 0.5) is 5.69 Å². The van der Waals surface area contributed by atoms with Crippen LogP contribution in [0.3, 0.4) is 0 Å². The van der Waals surface area contributed by atoms with Crippen LogP contribution in [0.2, 0.25) is 0 Å². The largest absolute Gasteiger partial charge is 0.382 e. The number of likely N-dealkylation sites (tertiary alicyclic amines) is 1. The lowest BCUT2D eigenvalue weighted by Gasteiger charge is -2.25. The number of benzene rings is 1. The molecule has 118 valence electrons. The van der Waals surface area contributed by atoms with E-state index in [-0.39, 0.29) is 0 Å². The van der Waals surface area contributed by atoms with Crippen molar-refractivity contribution in [1.29, 1.82) is 0 Å². The molecule has 5 nitrogen and oxygen atoms in total. The minimum absolute atomic E-state index is 0.337. The molecule has 1 aromatic rings. The quantitative estimate of drug-likeness (QED) is 0.871. The van der Waals surface area contributed by atoms with Crippen molar-refractivity contribution >= 4 is 15.7 Å². The summed E-state index contributed by atoms with van der Waals surface area (Å²) in [5, 5.41) is 3.30. The third kappa shape index (κ3) is 3.75. The van der Waals surface area contributed by atoms with Crippen LogP contribution in [0.5, 0.6) is 0 Å². The lowest BCUT2D eigenvalue weighted by Crippen LogP contribution is -2.35. The van der Waals surface area contributed by atoms with Crippen LogP contribution < -0.4 is 5.32 Å². The Morgan fingerprint density at radius 2 is 1.86 bits per heavy atom. The van der Waals surface area contributed by atoms with Gasteiger partial charge in [-0.25, -0.2) is 12.7 Å². The number of hydrogen-bond acceptors (Lipinski definition) is 4. The standard InChI is InChI=1S/C15H25N3O2S/c1-13(18-10-6-7-11-18)12-16-14-8-4-5-9-15(14)21(19,20)17(2)3/h4-5,8-9,13,16H,6-7,10-12H2,1-3H3. The first-order valence-electron chi connectivity index (χ1n) is 7.42. The SMILES string of the molecule is CC(CNc1ccccc1S(=O)(=O)N(C)C)N1CCCC1. The topological polar surface area (TPSA) is 52.7 Å². The molecule has 1 N–H and O–H groups in total. The molecule has 6 heteroatoms. The van der Waals surface area contributed by atoms with Gasteiger partial charge in [0.1, 0.15) is 4.90 Å². The molecule has 0 amide bonds.